The fourth-order valence-electron chi connectivity index (χ4n) is 2.15. The van der Waals surface area contributed by atoms with Gasteiger partial charge in [-0.05, 0) is 25.1 Å². The summed E-state index contributed by atoms with van der Waals surface area (Å²) in [7, 11) is 0. The van der Waals surface area contributed by atoms with Gasteiger partial charge in [0, 0.05) is 34.4 Å². The molecule has 3 rings (SSSR count). The first-order valence-electron chi connectivity index (χ1n) is 6.45. The zero-order valence-corrected chi connectivity index (χ0v) is 11.1. The van der Waals surface area contributed by atoms with Crippen molar-refractivity contribution in [1.29, 1.82) is 0 Å². The quantitative estimate of drug-likeness (QED) is 0.560. The number of carbonyl (C=O) groups is 1. The van der Waals surface area contributed by atoms with Crippen LogP contribution in [-0.4, -0.2) is 17.0 Å². The molecule has 20 heavy (non-hydrogen) atoms. The Morgan fingerprint density at radius 1 is 1.15 bits per heavy atom. The van der Waals surface area contributed by atoms with Gasteiger partial charge in [0.25, 0.3) is 0 Å². The van der Waals surface area contributed by atoms with E-state index in [9.17, 15) is 4.79 Å². The third-order valence-corrected chi connectivity index (χ3v) is 3.23. The standard InChI is InChI=1S/C17H14N2O/c1-12(20)13-5-4-6-15(9-13)18-10-14-11-19-17-8-3-2-7-16(14)17/h2-11,19H,1H3. The summed E-state index contributed by atoms with van der Waals surface area (Å²) in [6, 6.07) is 15.4. The molecule has 1 N–H and O–H groups in total. The van der Waals surface area contributed by atoms with Crippen LogP contribution in [-0.2, 0) is 0 Å². The van der Waals surface area contributed by atoms with Crippen LogP contribution in [0.3, 0.4) is 0 Å². The summed E-state index contributed by atoms with van der Waals surface area (Å²) < 4.78 is 0. The van der Waals surface area contributed by atoms with E-state index in [-0.39, 0.29) is 5.78 Å². The Labute approximate surface area is 117 Å². The van der Waals surface area contributed by atoms with Crippen molar-refractivity contribution in [2.45, 2.75) is 6.92 Å². The second kappa shape index (κ2) is 5.13. The molecule has 0 aliphatic heterocycles. The van der Waals surface area contributed by atoms with Gasteiger partial charge in [-0.15, -0.1) is 0 Å². The number of rotatable bonds is 3. The maximum absolute atomic E-state index is 11.3. The number of Topliss-reactive ketones (excluding diaryl/α,β-unsaturated/α-hetero) is 1. The number of aromatic amines is 1. The number of aromatic nitrogens is 1. The Morgan fingerprint density at radius 3 is 2.85 bits per heavy atom. The number of hydrogen-bond acceptors (Lipinski definition) is 2. The lowest BCUT2D eigenvalue weighted by Gasteiger charge is -1.97. The second-order valence-electron chi connectivity index (χ2n) is 4.65. The number of nitrogens with zero attached hydrogens (tertiary/aromatic N) is 1. The molecule has 1 aromatic heterocycles. The number of hydrogen-bond donors (Lipinski definition) is 1. The first kappa shape index (κ1) is 12.4. The van der Waals surface area contributed by atoms with E-state index in [1.54, 1.807) is 19.1 Å². The van der Waals surface area contributed by atoms with Gasteiger partial charge in [0.2, 0.25) is 0 Å². The molecule has 98 valence electrons. The number of carbonyl (C=O) groups excluding carboxylic acids is 1. The van der Waals surface area contributed by atoms with Crippen molar-refractivity contribution in [3.63, 3.8) is 0 Å². The van der Waals surface area contributed by atoms with Crippen LogP contribution < -0.4 is 0 Å². The van der Waals surface area contributed by atoms with E-state index in [4.69, 9.17) is 0 Å². The fourth-order valence-corrected chi connectivity index (χ4v) is 2.15. The van der Waals surface area contributed by atoms with E-state index in [1.165, 1.54) is 0 Å². The highest BCUT2D eigenvalue weighted by Crippen LogP contribution is 2.18. The summed E-state index contributed by atoms with van der Waals surface area (Å²) in [4.78, 5) is 19.0. The first-order valence-corrected chi connectivity index (χ1v) is 6.45. The van der Waals surface area contributed by atoms with E-state index in [2.05, 4.69) is 16.0 Å². The fraction of sp³-hybridized carbons (Fsp3) is 0.0588. The molecule has 0 amide bonds. The van der Waals surface area contributed by atoms with E-state index >= 15 is 0 Å². The minimum Gasteiger partial charge on any atom is -0.361 e. The Morgan fingerprint density at radius 2 is 2.00 bits per heavy atom. The molecule has 0 bridgehead atoms. The minimum absolute atomic E-state index is 0.0501. The maximum Gasteiger partial charge on any atom is 0.159 e. The summed E-state index contributed by atoms with van der Waals surface area (Å²) in [5.74, 6) is 0.0501. The molecular formula is C17H14N2O. The summed E-state index contributed by atoms with van der Waals surface area (Å²) in [6.45, 7) is 1.56. The van der Waals surface area contributed by atoms with Crippen LogP contribution in [0, 0.1) is 0 Å². The molecule has 1 heterocycles. The lowest BCUT2D eigenvalue weighted by molar-refractivity contribution is 0.101. The van der Waals surface area contributed by atoms with Crippen molar-refractivity contribution in [3.05, 3.63) is 65.9 Å². The monoisotopic (exact) mass is 262 g/mol. The third-order valence-electron chi connectivity index (χ3n) is 3.23. The predicted molar refractivity (Wildman–Crippen MR) is 82.0 cm³/mol. The molecule has 0 saturated heterocycles. The van der Waals surface area contributed by atoms with Gasteiger partial charge in [-0.25, -0.2) is 0 Å². The highest BCUT2D eigenvalue weighted by molar-refractivity contribution is 6.00. The molecule has 0 atom stereocenters. The molecule has 0 spiro atoms. The van der Waals surface area contributed by atoms with Crippen LogP contribution in [0.15, 0.2) is 59.7 Å². The average Bonchev–Trinajstić information content (AvgIpc) is 2.89. The van der Waals surface area contributed by atoms with Crippen molar-refractivity contribution >= 4 is 28.6 Å². The van der Waals surface area contributed by atoms with E-state index in [0.717, 1.165) is 22.2 Å². The van der Waals surface area contributed by atoms with E-state index in [0.29, 0.717) is 5.56 Å². The lowest BCUT2D eigenvalue weighted by Crippen LogP contribution is -1.89. The van der Waals surface area contributed by atoms with Crippen LogP contribution >= 0.6 is 0 Å². The topological polar surface area (TPSA) is 45.2 Å². The van der Waals surface area contributed by atoms with Crippen molar-refractivity contribution < 1.29 is 4.79 Å². The number of aliphatic imine (C=N–C) groups is 1. The molecule has 0 aliphatic rings. The molecule has 0 aliphatic carbocycles. The molecule has 0 radical (unpaired) electrons. The maximum atomic E-state index is 11.3. The Kier molecular flexibility index (Phi) is 3.17. The summed E-state index contributed by atoms with van der Waals surface area (Å²) >= 11 is 0. The van der Waals surface area contributed by atoms with Gasteiger partial charge >= 0.3 is 0 Å². The molecular weight excluding hydrogens is 248 g/mol. The lowest BCUT2D eigenvalue weighted by atomic mass is 10.1. The number of para-hydroxylation sites is 1. The van der Waals surface area contributed by atoms with Crippen LogP contribution in [0.4, 0.5) is 5.69 Å². The largest absolute Gasteiger partial charge is 0.361 e. The number of ketones is 1. The van der Waals surface area contributed by atoms with Crippen LogP contribution in [0.25, 0.3) is 10.9 Å². The van der Waals surface area contributed by atoms with Gasteiger partial charge in [0.15, 0.2) is 5.78 Å². The minimum atomic E-state index is 0.0501. The van der Waals surface area contributed by atoms with Crippen LogP contribution in [0.2, 0.25) is 0 Å². The molecule has 0 unspecified atom stereocenters. The predicted octanol–water partition coefficient (Wildman–Crippen LogP) is 4.12. The highest BCUT2D eigenvalue weighted by Gasteiger charge is 2.01. The van der Waals surface area contributed by atoms with Gasteiger partial charge in [0.05, 0.1) is 5.69 Å². The number of benzene rings is 2. The van der Waals surface area contributed by atoms with Crippen LogP contribution in [0.1, 0.15) is 22.8 Å². The normalized spacial score (nSPS) is 11.2. The Hall–Kier alpha value is -2.68. The van der Waals surface area contributed by atoms with Gasteiger partial charge in [0.1, 0.15) is 0 Å². The van der Waals surface area contributed by atoms with E-state index < -0.39 is 0 Å². The second-order valence-corrected chi connectivity index (χ2v) is 4.65. The van der Waals surface area contributed by atoms with Crippen LogP contribution in [0.5, 0.6) is 0 Å². The summed E-state index contributed by atoms with van der Waals surface area (Å²) in [6.07, 6.45) is 3.75. The smallest absolute Gasteiger partial charge is 0.159 e. The van der Waals surface area contributed by atoms with Crippen molar-refractivity contribution in [2.75, 3.05) is 0 Å². The molecule has 0 saturated carbocycles. The molecule has 2 aromatic carbocycles. The molecule has 3 heteroatoms. The van der Waals surface area contributed by atoms with Gasteiger partial charge in [-0.2, -0.15) is 0 Å². The number of H-pyrrole nitrogens is 1. The molecule has 0 fully saturated rings. The molecule has 3 aromatic rings. The van der Waals surface area contributed by atoms with Crippen molar-refractivity contribution in [2.24, 2.45) is 4.99 Å². The number of nitrogens with one attached hydrogen (secondary N) is 1. The van der Waals surface area contributed by atoms with Gasteiger partial charge in [-0.3, -0.25) is 9.79 Å². The first-order chi connectivity index (χ1) is 9.74. The summed E-state index contributed by atoms with van der Waals surface area (Å²) in [5.41, 5.74) is 3.59. The van der Waals surface area contributed by atoms with Gasteiger partial charge < -0.3 is 4.98 Å². The van der Waals surface area contributed by atoms with Crippen molar-refractivity contribution in [1.82, 2.24) is 4.98 Å². The number of fused-ring (bicyclic) bond motifs is 1. The average molecular weight is 262 g/mol. The van der Waals surface area contributed by atoms with Crippen molar-refractivity contribution in [3.8, 4) is 0 Å². The zero-order chi connectivity index (χ0) is 13.9. The Balaban J connectivity index is 1.94. The van der Waals surface area contributed by atoms with Gasteiger partial charge in [-0.1, -0.05) is 30.3 Å². The SMILES string of the molecule is CC(=O)c1cccc(N=Cc2c[nH]c3ccccc23)c1. The highest BCUT2D eigenvalue weighted by atomic mass is 16.1. The summed E-state index contributed by atoms with van der Waals surface area (Å²) in [5, 5.41) is 1.14. The molecule has 3 nitrogen and oxygen atoms in total. The Bertz CT molecular complexity index is 799. The van der Waals surface area contributed by atoms with E-state index in [1.807, 2.05) is 42.7 Å². The third kappa shape index (κ3) is 2.38. The zero-order valence-electron chi connectivity index (χ0n) is 11.1.